The summed E-state index contributed by atoms with van der Waals surface area (Å²) in [6.45, 7) is 6.57. The second kappa shape index (κ2) is 5.41. The summed E-state index contributed by atoms with van der Waals surface area (Å²) >= 11 is 0. The largest absolute Gasteiger partial charge is 0.493 e. The van der Waals surface area contributed by atoms with E-state index in [1.165, 1.54) is 12.8 Å². The topological polar surface area (TPSA) is 36.3 Å². The molecule has 1 aromatic rings. The van der Waals surface area contributed by atoms with Crippen molar-refractivity contribution in [3.8, 4) is 11.8 Å². The van der Waals surface area contributed by atoms with Crippen molar-refractivity contribution >= 4 is 0 Å². The highest BCUT2D eigenvalue weighted by Gasteiger charge is 2.37. The fraction of sp³-hybridized carbons (Fsp3) is 0.533. The van der Waals surface area contributed by atoms with Crippen molar-refractivity contribution in [2.45, 2.75) is 32.2 Å². The molecule has 1 aliphatic heterocycles. The zero-order chi connectivity index (χ0) is 13.0. The van der Waals surface area contributed by atoms with Gasteiger partial charge >= 0.3 is 0 Å². The second-order valence-electron chi connectivity index (χ2n) is 4.81. The first kappa shape index (κ1) is 12.9. The Morgan fingerprint density at radius 1 is 1.33 bits per heavy atom. The van der Waals surface area contributed by atoms with Crippen LogP contribution in [0.2, 0.25) is 0 Å². The van der Waals surface area contributed by atoms with Crippen LogP contribution in [-0.4, -0.2) is 24.6 Å². The summed E-state index contributed by atoms with van der Waals surface area (Å²) in [6, 6.07) is 10.4. The highest BCUT2D eigenvalue weighted by molar-refractivity contribution is 5.42. The zero-order valence-corrected chi connectivity index (χ0v) is 11.1. The molecule has 0 aromatic heterocycles. The molecule has 1 unspecified atom stereocenters. The SMILES string of the molecule is CCOc1ccccc1C(C)(C#N)N1CCCC1. The van der Waals surface area contributed by atoms with Crippen molar-refractivity contribution in [1.29, 1.82) is 5.26 Å². The van der Waals surface area contributed by atoms with E-state index in [1.807, 2.05) is 38.1 Å². The highest BCUT2D eigenvalue weighted by atomic mass is 16.5. The Labute approximate surface area is 109 Å². The van der Waals surface area contributed by atoms with Gasteiger partial charge in [0.05, 0.1) is 12.7 Å². The predicted molar refractivity (Wildman–Crippen MR) is 71.4 cm³/mol. The van der Waals surface area contributed by atoms with E-state index in [2.05, 4.69) is 11.0 Å². The van der Waals surface area contributed by atoms with Crippen molar-refractivity contribution in [3.05, 3.63) is 29.8 Å². The summed E-state index contributed by atoms with van der Waals surface area (Å²) in [5.74, 6) is 0.830. The molecule has 0 radical (unpaired) electrons. The molecule has 1 aliphatic rings. The number of nitriles is 1. The lowest BCUT2D eigenvalue weighted by atomic mass is 9.91. The van der Waals surface area contributed by atoms with Crippen LogP contribution in [0.25, 0.3) is 0 Å². The van der Waals surface area contributed by atoms with E-state index >= 15 is 0 Å². The summed E-state index contributed by atoms with van der Waals surface area (Å²) in [7, 11) is 0. The van der Waals surface area contributed by atoms with Crippen molar-refractivity contribution in [2.24, 2.45) is 0 Å². The van der Waals surface area contributed by atoms with Crippen molar-refractivity contribution in [1.82, 2.24) is 4.90 Å². The van der Waals surface area contributed by atoms with Gasteiger partial charge in [-0.25, -0.2) is 0 Å². The maximum atomic E-state index is 9.64. The number of ether oxygens (including phenoxy) is 1. The van der Waals surface area contributed by atoms with E-state index < -0.39 is 5.54 Å². The predicted octanol–water partition coefficient (Wildman–Crippen LogP) is 2.92. The number of nitrogens with zero attached hydrogens (tertiary/aromatic N) is 2. The first-order valence-electron chi connectivity index (χ1n) is 6.61. The molecule has 0 saturated carbocycles. The molecule has 0 aliphatic carbocycles. The van der Waals surface area contributed by atoms with Crippen LogP contribution in [-0.2, 0) is 5.54 Å². The molecule has 0 bridgehead atoms. The fourth-order valence-corrected chi connectivity index (χ4v) is 2.62. The second-order valence-corrected chi connectivity index (χ2v) is 4.81. The molecule has 1 atom stereocenters. The van der Waals surface area contributed by atoms with E-state index in [9.17, 15) is 5.26 Å². The van der Waals surface area contributed by atoms with Gasteiger partial charge in [-0.2, -0.15) is 5.26 Å². The van der Waals surface area contributed by atoms with Gasteiger partial charge in [0.1, 0.15) is 11.3 Å². The first-order valence-corrected chi connectivity index (χ1v) is 6.61. The van der Waals surface area contributed by atoms with Crippen LogP contribution in [0.15, 0.2) is 24.3 Å². The molecule has 96 valence electrons. The van der Waals surface area contributed by atoms with Crippen LogP contribution in [0, 0.1) is 11.3 Å². The summed E-state index contributed by atoms with van der Waals surface area (Å²) in [5.41, 5.74) is 0.402. The maximum absolute atomic E-state index is 9.64. The smallest absolute Gasteiger partial charge is 0.135 e. The average Bonchev–Trinajstić information content (AvgIpc) is 2.93. The Balaban J connectivity index is 2.40. The Kier molecular flexibility index (Phi) is 3.88. The van der Waals surface area contributed by atoms with E-state index in [0.29, 0.717) is 6.61 Å². The summed E-state index contributed by atoms with van der Waals surface area (Å²) in [6.07, 6.45) is 2.35. The third kappa shape index (κ3) is 2.21. The molecular formula is C15H20N2O. The molecule has 2 rings (SSSR count). The zero-order valence-electron chi connectivity index (χ0n) is 11.1. The van der Waals surface area contributed by atoms with Crippen LogP contribution in [0.4, 0.5) is 0 Å². The molecule has 1 saturated heterocycles. The molecule has 0 amide bonds. The lowest BCUT2D eigenvalue weighted by Crippen LogP contribution is -2.41. The summed E-state index contributed by atoms with van der Waals surface area (Å²) < 4.78 is 5.67. The standard InChI is InChI=1S/C15H20N2O/c1-3-18-14-9-5-4-8-13(14)15(2,12-16)17-10-6-7-11-17/h4-5,8-9H,3,6-7,10-11H2,1-2H3. The Morgan fingerprint density at radius 2 is 2.00 bits per heavy atom. The minimum Gasteiger partial charge on any atom is -0.493 e. The van der Waals surface area contributed by atoms with Crippen LogP contribution in [0.3, 0.4) is 0 Å². The Bertz CT molecular complexity index is 446. The molecule has 1 aromatic carbocycles. The van der Waals surface area contributed by atoms with E-state index in [4.69, 9.17) is 4.74 Å². The first-order chi connectivity index (χ1) is 8.72. The van der Waals surface area contributed by atoms with Gasteiger partial charge in [0.25, 0.3) is 0 Å². The number of hydrogen-bond acceptors (Lipinski definition) is 3. The third-order valence-electron chi connectivity index (χ3n) is 3.67. The van der Waals surface area contributed by atoms with Crippen molar-refractivity contribution < 1.29 is 4.74 Å². The van der Waals surface area contributed by atoms with Gasteiger partial charge in [-0.05, 0) is 45.8 Å². The number of para-hydroxylation sites is 1. The fourth-order valence-electron chi connectivity index (χ4n) is 2.62. The molecular weight excluding hydrogens is 224 g/mol. The number of rotatable bonds is 4. The normalized spacial score (nSPS) is 19.2. The molecule has 18 heavy (non-hydrogen) atoms. The van der Waals surface area contributed by atoms with Crippen molar-refractivity contribution in [3.63, 3.8) is 0 Å². The third-order valence-corrected chi connectivity index (χ3v) is 3.67. The van der Waals surface area contributed by atoms with Gasteiger partial charge in [0.15, 0.2) is 0 Å². The summed E-state index contributed by atoms with van der Waals surface area (Å²) in [5, 5.41) is 9.64. The van der Waals surface area contributed by atoms with E-state index in [-0.39, 0.29) is 0 Å². The molecule has 0 spiro atoms. The number of hydrogen-bond donors (Lipinski definition) is 0. The average molecular weight is 244 g/mol. The van der Waals surface area contributed by atoms with Crippen LogP contribution in [0.1, 0.15) is 32.3 Å². The monoisotopic (exact) mass is 244 g/mol. The Hall–Kier alpha value is -1.53. The van der Waals surface area contributed by atoms with Crippen LogP contribution < -0.4 is 4.74 Å². The molecule has 3 heteroatoms. The maximum Gasteiger partial charge on any atom is 0.135 e. The molecule has 3 nitrogen and oxygen atoms in total. The molecule has 0 N–H and O–H groups in total. The van der Waals surface area contributed by atoms with Gasteiger partial charge in [0, 0.05) is 5.56 Å². The molecule has 1 fully saturated rings. The number of benzene rings is 1. The Morgan fingerprint density at radius 3 is 2.61 bits per heavy atom. The van der Waals surface area contributed by atoms with Gasteiger partial charge in [0.2, 0.25) is 0 Å². The quantitative estimate of drug-likeness (QED) is 0.817. The van der Waals surface area contributed by atoms with Crippen LogP contribution >= 0.6 is 0 Å². The van der Waals surface area contributed by atoms with Gasteiger partial charge < -0.3 is 4.74 Å². The highest BCUT2D eigenvalue weighted by Crippen LogP contribution is 2.36. The van der Waals surface area contributed by atoms with Crippen LogP contribution in [0.5, 0.6) is 5.75 Å². The van der Waals surface area contributed by atoms with Gasteiger partial charge in [-0.1, -0.05) is 18.2 Å². The minimum atomic E-state index is -0.581. The van der Waals surface area contributed by atoms with E-state index in [1.54, 1.807) is 0 Å². The minimum absolute atomic E-state index is 0.581. The molecule has 1 heterocycles. The van der Waals surface area contributed by atoms with Gasteiger partial charge in [-0.3, -0.25) is 4.90 Å². The number of likely N-dealkylation sites (tertiary alicyclic amines) is 1. The lowest BCUT2D eigenvalue weighted by molar-refractivity contribution is 0.187. The van der Waals surface area contributed by atoms with Gasteiger partial charge in [-0.15, -0.1) is 0 Å². The van der Waals surface area contributed by atoms with E-state index in [0.717, 1.165) is 24.4 Å². The van der Waals surface area contributed by atoms with Crippen molar-refractivity contribution in [2.75, 3.05) is 19.7 Å². The lowest BCUT2D eigenvalue weighted by Gasteiger charge is -2.33. The summed E-state index contributed by atoms with van der Waals surface area (Å²) in [4.78, 5) is 2.25.